The largest absolute Gasteiger partial charge is 0.741 e. The van der Waals surface area contributed by atoms with E-state index in [1.165, 1.54) is 0 Å². The number of halogens is 3. The number of likely N-dealkylation sites (N-methyl/N-ethyl adjacent to an activating group) is 1. The van der Waals surface area contributed by atoms with Crippen molar-refractivity contribution in [1.82, 2.24) is 0 Å². The highest BCUT2D eigenvalue weighted by molar-refractivity contribution is 7.86. The van der Waals surface area contributed by atoms with Crippen molar-refractivity contribution >= 4 is 10.1 Å². The summed E-state index contributed by atoms with van der Waals surface area (Å²) in [6.07, 6.45) is 0. The van der Waals surface area contributed by atoms with E-state index in [0.717, 1.165) is 17.6 Å². The lowest BCUT2D eigenvalue weighted by Crippen LogP contribution is -2.37. The molecule has 0 aliphatic carbocycles. The van der Waals surface area contributed by atoms with Crippen LogP contribution in [0.4, 0.5) is 13.2 Å². The molecular formula is C7H16F3NO4S. The van der Waals surface area contributed by atoms with Crippen molar-refractivity contribution in [3.05, 3.63) is 0 Å². The Kier molecular flexibility index (Phi) is 7.18. The van der Waals surface area contributed by atoms with Gasteiger partial charge in [0.1, 0.15) is 6.54 Å². The number of hydrogen-bond acceptors (Lipinski definition) is 4. The van der Waals surface area contributed by atoms with Crippen LogP contribution in [0, 0.1) is 0 Å². The molecule has 16 heavy (non-hydrogen) atoms. The highest BCUT2D eigenvalue weighted by atomic mass is 32.2. The van der Waals surface area contributed by atoms with Gasteiger partial charge in [-0.15, -0.1) is 0 Å². The molecule has 0 unspecified atom stereocenters. The van der Waals surface area contributed by atoms with Crippen LogP contribution in [0.2, 0.25) is 0 Å². The minimum atomic E-state index is -6.09. The zero-order chi connectivity index (χ0) is 13.6. The van der Waals surface area contributed by atoms with Gasteiger partial charge in [-0.1, -0.05) is 0 Å². The number of methoxy groups -OCH3 is 1. The van der Waals surface area contributed by atoms with E-state index in [9.17, 15) is 13.2 Å². The summed E-state index contributed by atoms with van der Waals surface area (Å²) in [5, 5.41) is 0. The monoisotopic (exact) mass is 267 g/mol. The van der Waals surface area contributed by atoms with E-state index in [1.807, 2.05) is 0 Å². The molecule has 5 nitrogen and oxygen atoms in total. The normalized spacial score (nSPS) is 13.0. The molecular weight excluding hydrogens is 251 g/mol. The fourth-order valence-corrected chi connectivity index (χ4v) is 0.365. The molecule has 100 valence electrons. The molecule has 0 saturated heterocycles. The highest BCUT2D eigenvalue weighted by Gasteiger charge is 2.36. The van der Waals surface area contributed by atoms with Crippen LogP contribution in [0.3, 0.4) is 0 Å². The van der Waals surface area contributed by atoms with Gasteiger partial charge in [-0.3, -0.25) is 0 Å². The van der Waals surface area contributed by atoms with E-state index in [-0.39, 0.29) is 0 Å². The van der Waals surface area contributed by atoms with E-state index >= 15 is 0 Å². The van der Waals surface area contributed by atoms with E-state index in [1.54, 1.807) is 7.11 Å². The lowest BCUT2D eigenvalue weighted by molar-refractivity contribution is -0.870. The summed E-state index contributed by atoms with van der Waals surface area (Å²) in [5.74, 6) is 0. The van der Waals surface area contributed by atoms with Gasteiger partial charge in [0.25, 0.3) is 0 Å². The van der Waals surface area contributed by atoms with E-state index in [2.05, 4.69) is 21.1 Å². The molecule has 0 aliphatic heterocycles. The second-order valence-corrected chi connectivity index (χ2v) is 5.28. The van der Waals surface area contributed by atoms with Crippen LogP contribution in [-0.4, -0.2) is 64.4 Å². The lowest BCUT2D eigenvalue weighted by Gasteiger charge is -2.22. The molecule has 0 fully saturated rings. The van der Waals surface area contributed by atoms with E-state index in [4.69, 9.17) is 17.7 Å². The van der Waals surface area contributed by atoms with Crippen molar-refractivity contribution in [2.75, 3.05) is 41.4 Å². The van der Waals surface area contributed by atoms with Crippen LogP contribution in [0.1, 0.15) is 0 Å². The van der Waals surface area contributed by atoms with Gasteiger partial charge in [0, 0.05) is 7.11 Å². The summed E-state index contributed by atoms with van der Waals surface area (Å²) in [7, 11) is 2.10. The van der Waals surface area contributed by atoms with Crippen LogP contribution >= 0.6 is 0 Å². The fourth-order valence-electron chi connectivity index (χ4n) is 0.365. The van der Waals surface area contributed by atoms with Gasteiger partial charge in [-0.25, -0.2) is 8.42 Å². The summed E-state index contributed by atoms with van der Waals surface area (Å²) < 4.78 is 64.8. The third-order valence-electron chi connectivity index (χ3n) is 1.25. The Bertz CT molecular complexity index is 281. The second-order valence-electron chi connectivity index (χ2n) is 3.91. The number of rotatable bonds is 3. The van der Waals surface area contributed by atoms with Gasteiger partial charge in [-0.05, 0) is 0 Å². The smallest absolute Gasteiger partial charge is 0.485 e. The Balaban J connectivity index is 0. The molecule has 0 amide bonds. The Morgan fingerprint density at radius 2 is 1.56 bits per heavy atom. The molecule has 0 N–H and O–H groups in total. The van der Waals surface area contributed by atoms with Crippen LogP contribution in [0.15, 0.2) is 0 Å². The van der Waals surface area contributed by atoms with Gasteiger partial charge < -0.3 is 13.8 Å². The van der Waals surface area contributed by atoms with Gasteiger partial charge >= 0.3 is 5.51 Å². The Labute approximate surface area is 93.1 Å². The first-order chi connectivity index (χ1) is 6.81. The summed E-state index contributed by atoms with van der Waals surface area (Å²) >= 11 is 0. The maximum Gasteiger partial charge on any atom is 0.485 e. The predicted molar refractivity (Wildman–Crippen MR) is 50.5 cm³/mol. The summed E-state index contributed by atoms with van der Waals surface area (Å²) in [6.45, 7) is 1.93. The van der Waals surface area contributed by atoms with Crippen molar-refractivity contribution in [3.63, 3.8) is 0 Å². The average molecular weight is 267 g/mol. The molecule has 0 radical (unpaired) electrons. The molecule has 0 aromatic rings. The van der Waals surface area contributed by atoms with Crippen LogP contribution in [-0.2, 0) is 14.9 Å². The summed E-state index contributed by atoms with van der Waals surface area (Å²) in [4.78, 5) is 0. The number of hydrogen-bond donors (Lipinski definition) is 0. The molecule has 9 heteroatoms. The van der Waals surface area contributed by atoms with Crippen molar-refractivity contribution in [3.8, 4) is 0 Å². The topological polar surface area (TPSA) is 66.4 Å². The molecule has 0 heterocycles. The first-order valence-corrected chi connectivity index (χ1v) is 5.53. The number of quaternary nitrogens is 1. The fraction of sp³-hybridized carbons (Fsp3) is 1.00. The highest BCUT2D eigenvalue weighted by Crippen LogP contribution is 2.20. The van der Waals surface area contributed by atoms with Gasteiger partial charge in [-0.2, -0.15) is 13.2 Å². The Hall–Kier alpha value is -0.380. The third-order valence-corrected chi connectivity index (χ3v) is 1.82. The van der Waals surface area contributed by atoms with Gasteiger partial charge in [0.15, 0.2) is 10.1 Å². The Morgan fingerprint density at radius 3 is 1.62 bits per heavy atom. The first kappa shape index (κ1) is 18.0. The molecule has 0 atom stereocenters. The SMILES string of the molecule is COCC[N+](C)(C)C.O=S(=O)([O-])C(F)(F)F. The predicted octanol–water partition coefficient (Wildman–Crippen LogP) is 0.390. The van der Waals surface area contributed by atoms with Crippen LogP contribution < -0.4 is 0 Å². The molecule has 0 rings (SSSR count). The summed E-state index contributed by atoms with van der Waals surface area (Å²) in [5.41, 5.74) is -5.65. The quantitative estimate of drug-likeness (QED) is 0.421. The van der Waals surface area contributed by atoms with Gasteiger partial charge in [0.2, 0.25) is 0 Å². The van der Waals surface area contributed by atoms with Crippen LogP contribution in [0.5, 0.6) is 0 Å². The first-order valence-electron chi connectivity index (χ1n) is 4.13. The second kappa shape index (κ2) is 6.38. The Morgan fingerprint density at radius 1 is 1.25 bits per heavy atom. The minimum Gasteiger partial charge on any atom is -0.741 e. The van der Waals surface area contributed by atoms with Crippen molar-refractivity contribution in [2.24, 2.45) is 0 Å². The molecule has 0 bridgehead atoms. The standard InChI is InChI=1S/C6H16NO.CHF3O3S/c1-7(2,3)5-6-8-4;2-1(3,4)8(5,6)7/h5-6H2,1-4H3;(H,5,6,7)/q+1;/p-1. The average Bonchev–Trinajstić information content (AvgIpc) is 1.96. The van der Waals surface area contributed by atoms with Crippen molar-refractivity contribution in [2.45, 2.75) is 5.51 Å². The number of alkyl halides is 3. The van der Waals surface area contributed by atoms with Gasteiger partial charge in [0.05, 0.1) is 27.7 Å². The third kappa shape index (κ3) is 11.7. The zero-order valence-corrected chi connectivity index (χ0v) is 10.4. The van der Waals surface area contributed by atoms with Crippen LogP contribution in [0.25, 0.3) is 0 Å². The molecule has 0 aliphatic rings. The van der Waals surface area contributed by atoms with Crippen molar-refractivity contribution in [1.29, 1.82) is 0 Å². The zero-order valence-electron chi connectivity index (χ0n) is 9.54. The molecule has 0 aromatic carbocycles. The maximum atomic E-state index is 10.7. The number of nitrogens with zero attached hydrogens (tertiary/aromatic N) is 1. The van der Waals surface area contributed by atoms with E-state index in [0.29, 0.717) is 0 Å². The molecule has 0 aromatic heterocycles. The molecule has 0 saturated carbocycles. The van der Waals surface area contributed by atoms with E-state index < -0.39 is 15.6 Å². The maximum absolute atomic E-state index is 10.7. The number of ether oxygens (including phenoxy) is 1. The van der Waals surface area contributed by atoms with Crippen molar-refractivity contribution < 1.29 is 35.4 Å². The lowest BCUT2D eigenvalue weighted by atomic mass is 10.5. The summed E-state index contributed by atoms with van der Waals surface area (Å²) in [6, 6.07) is 0. The molecule has 0 spiro atoms. The minimum absolute atomic E-state index is 0.851.